The number of benzene rings is 9. The number of anilines is 6. The van der Waals surface area contributed by atoms with Crippen molar-refractivity contribution in [1.29, 1.82) is 0 Å². The van der Waals surface area contributed by atoms with Gasteiger partial charge in [-0.2, -0.15) is 0 Å². The molecule has 1 unspecified atom stereocenters. The van der Waals surface area contributed by atoms with Gasteiger partial charge in [-0.3, -0.25) is 0 Å². The summed E-state index contributed by atoms with van der Waals surface area (Å²) >= 11 is 0. The Hall–Kier alpha value is -7.36. The van der Waals surface area contributed by atoms with Crippen LogP contribution in [0.2, 0.25) is 0 Å². The van der Waals surface area contributed by atoms with Gasteiger partial charge in [-0.25, -0.2) is 0 Å². The summed E-state index contributed by atoms with van der Waals surface area (Å²) in [6, 6.07) is 58.9. The maximum absolute atomic E-state index is 2.80. The molecule has 16 rings (SSSR count). The molecule has 3 heteroatoms. The Morgan fingerprint density at radius 1 is 0.337 bits per heavy atom. The summed E-state index contributed by atoms with van der Waals surface area (Å²) in [6.07, 6.45) is 2.35. The first-order valence-electron chi connectivity index (χ1n) is 31.1. The van der Waals surface area contributed by atoms with Gasteiger partial charge in [-0.05, 0) is 234 Å². The summed E-state index contributed by atoms with van der Waals surface area (Å²) in [4.78, 5) is 5.52. The quantitative estimate of drug-likeness (QED) is 0.163. The van der Waals surface area contributed by atoms with E-state index in [0.717, 1.165) is 0 Å². The Kier molecular flexibility index (Phi) is 9.82. The third kappa shape index (κ3) is 6.17. The molecule has 9 aromatic carbocycles. The summed E-state index contributed by atoms with van der Waals surface area (Å²) in [5.74, 6) is 0. The molecule has 0 saturated carbocycles. The molecule has 3 heterocycles. The first-order valence-corrected chi connectivity index (χ1v) is 31.1. The van der Waals surface area contributed by atoms with Crippen LogP contribution >= 0.6 is 0 Å². The predicted octanol–water partition coefficient (Wildman–Crippen LogP) is 18.6. The highest BCUT2D eigenvalue weighted by atomic mass is 15.2. The average molecular weight is 1080 g/mol. The van der Waals surface area contributed by atoms with Crippen LogP contribution in [-0.2, 0) is 37.9 Å². The second kappa shape index (κ2) is 15.9. The summed E-state index contributed by atoms with van der Waals surface area (Å²) in [5, 5.41) is 0. The Balaban J connectivity index is 1.12. The van der Waals surface area contributed by atoms with E-state index < -0.39 is 5.41 Å². The van der Waals surface area contributed by atoms with Gasteiger partial charge in [0.2, 0.25) is 0 Å². The Labute approximate surface area is 495 Å². The zero-order chi connectivity index (χ0) is 57.9. The average Bonchev–Trinajstić information content (AvgIpc) is 1.66. The summed E-state index contributed by atoms with van der Waals surface area (Å²) < 4.78 is 0. The van der Waals surface area contributed by atoms with Gasteiger partial charge in [-0.15, -0.1) is 0 Å². The maximum atomic E-state index is 2.80. The molecule has 2 nitrogen and oxygen atoms in total. The van der Waals surface area contributed by atoms with Gasteiger partial charge in [0.25, 0.3) is 6.71 Å². The van der Waals surface area contributed by atoms with Crippen LogP contribution in [0.15, 0.2) is 146 Å². The summed E-state index contributed by atoms with van der Waals surface area (Å²) in [7, 11) is 0. The van der Waals surface area contributed by atoms with Crippen molar-refractivity contribution in [3.8, 4) is 22.3 Å². The van der Waals surface area contributed by atoms with Crippen molar-refractivity contribution in [3.63, 3.8) is 0 Å². The van der Waals surface area contributed by atoms with E-state index in [9.17, 15) is 0 Å². The van der Waals surface area contributed by atoms with Crippen molar-refractivity contribution < 1.29 is 0 Å². The molecule has 0 radical (unpaired) electrons. The second-order valence-electron chi connectivity index (χ2n) is 30.3. The molecule has 0 spiro atoms. The molecule has 3 aliphatic heterocycles. The van der Waals surface area contributed by atoms with Gasteiger partial charge in [0.05, 0.1) is 0 Å². The highest BCUT2D eigenvalue weighted by Crippen LogP contribution is 2.65. The standard InChI is InChI=1S/C80H79BN2/c1-44-36-46(3)67(47(4)37-44)48-38-64-71-65(39-48)83(62-29-23-18-24-45(62)2)63-33-31-50-51-41-58-59(75(7,8)35-34-74(58,5)6)42-57(51)80(17)68(50)72(63)81(71)73-66(43-61-69(70(73)80)79(15,16)55-28-22-21-27-54(55)78(61,13)14)82(64)49-30-32-56-60(40-49)77(11,12)53-26-20-19-25-52(53)76(56,9)10/h18-33,36-43H,34-35H2,1-17H3. The van der Waals surface area contributed by atoms with Crippen molar-refractivity contribution in [3.05, 3.63) is 240 Å². The smallest absolute Gasteiger partial charge is 0.253 e. The second-order valence-corrected chi connectivity index (χ2v) is 30.3. The number of rotatable bonds is 3. The highest BCUT2D eigenvalue weighted by Gasteiger charge is 2.61. The molecule has 7 aliphatic rings. The maximum Gasteiger partial charge on any atom is 0.253 e. The first-order chi connectivity index (χ1) is 39.2. The monoisotopic (exact) mass is 1080 g/mol. The minimum Gasteiger partial charge on any atom is -0.311 e. The topological polar surface area (TPSA) is 6.48 Å². The van der Waals surface area contributed by atoms with Gasteiger partial charge in [0.1, 0.15) is 0 Å². The van der Waals surface area contributed by atoms with Crippen LogP contribution in [0.4, 0.5) is 34.1 Å². The molecule has 83 heavy (non-hydrogen) atoms. The van der Waals surface area contributed by atoms with E-state index in [2.05, 4.69) is 273 Å². The number of nitrogens with zero attached hydrogens (tertiary/aromatic N) is 2. The number of aryl methyl sites for hydroxylation is 4. The highest BCUT2D eigenvalue weighted by molar-refractivity contribution is 7.01. The van der Waals surface area contributed by atoms with Crippen molar-refractivity contribution in [2.45, 2.75) is 168 Å². The molecule has 1 atom stereocenters. The number of para-hydroxylation sites is 1. The molecule has 412 valence electrons. The van der Waals surface area contributed by atoms with E-state index in [4.69, 9.17) is 0 Å². The Bertz CT molecular complexity index is 4450. The Morgan fingerprint density at radius 2 is 0.855 bits per heavy atom. The van der Waals surface area contributed by atoms with Gasteiger partial charge < -0.3 is 9.80 Å². The fraction of sp³-hybridized carbons (Fsp3) is 0.325. The van der Waals surface area contributed by atoms with Crippen molar-refractivity contribution >= 4 is 57.2 Å². The zero-order valence-electron chi connectivity index (χ0n) is 52.2. The van der Waals surface area contributed by atoms with E-state index in [1.165, 1.54) is 180 Å². The van der Waals surface area contributed by atoms with E-state index in [1.54, 1.807) is 0 Å². The molecule has 0 saturated heterocycles. The molecule has 0 aromatic heterocycles. The fourth-order valence-electron chi connectivity index (χ4n) is 18.9. The van der Waals surface area contributed by atoms with Crippen LogP contribution in [0, 0.1) is 27.7 Å². The van der Waals surface area contributed by atoms with Crippen molar-refractivity contribution in [2.24, 2.45) is 0 Å². The number of fused-ring (bicyclic) bond motifs is 10. The van der Waals surface area contributed by atoms with Gasteiger partial charge in [-0.1, -0.05) is 186 Å². The fourth-order valence-corrected chi connectivity index (χ4v) is 18.9. The largest absolute Gasteiger partial charge is 0.311 e. The molecular weight excluding hydrogens is 1000 g/mol. The summed E-state index contributed by atoms with van der Waals surface area (Å²) in [6.45, 7) is 42.0. The molecular formula is C80H79BN2. The van der Waals surface area contributed by atoms with Crippen LogP contribution in [-0.4, -0.2) is 6.71 Å². The van der Waals surface area contributed by atoms with Crippen LogP contribution in [0.1, 0.15) is 197 Å². The summed E-state index contributed by atoms with van der Waals surface area (Å²) in [5.41, 5.74) is 40.3. The lowest BCUT2D eigenvalue weighted by molar-refractivity contribution is 0.331. The molecule has 0 fully saturated rings. The van der Waals surface area contributed by atoms with E-state index >= 15 is 0 Å². The lowest BCUT2D eigenvalue weighted by Gasteiger charge is -2.55. The van der Waals surface area contributed by atoms with Crippen LogP contribution in [0.25, 0.3) is 22.3 Å². The molecule has 0 N–H and O–H groups in total. The normalized spacial score (nSPS) is 20.6. The van der Waals surface area contributed by atoms with E-state index in [0.29, 0.717) is 0 Å². The number of hydrogen-bond donors (Lipinski definition) is 0. The van der Waals surface area contributed by atoms with E-state index in [-0.39, 0.29) is 39.2 Å². The third-order valence-corrected chi connectivity index (χ3v) is 23.1. The van der Waals surface area contributed by atoms with Gasteiger partial charge in [0.15, 0.2) is 0 Å². The lowest BCUT2D eigenvalue weighted by Crippen LogP contribution is -2.68. The molecule has 0 amide bonds. The molecule has 0 bridgehead atoms. The SMILES string of the molecule is Cc1cc(C)c(-c2cc3c4c(c2)N(c2ccccc2C)c2ccc5c6c2B4c2c(cc4c(c2C6(C)c2cc6c(cc2-5)C(C)(C)CCC6(C)C)C(C)(C)c2ccccc2C4(C)C)N3c2ccc3c(c2)C(C)(C)c2ccccc2C3(C)C)c(C)c1. The first kappa shape index (κ1) is 51.3. The van der Waals surface area contributed by atoms with Crippen LogP contribution < -0.4 is 26.2 Å². The van der Waals surface area contributed by atoms with E-state index in [1.807, 2.05) is 0 Å². The minimum atomic E-state index is -0.506. The van der Waals surface area contributed by atoms with Crippen molar-refractivity contribution in [1.82, 2.24) is 0 Å². The van der Waals surface area contributed by atoms with Gasteiger partial charge >= 0.3 is 0 Å². The van der Waals surface area contributed by atoms with Crippen LogP contribution in [0.3, 0.4) is 0 Å². The zero-order valence-corrected chi connectivity index (χ0v) is 52.2. The van der Waals surface area contributed by atoms with Crippen molar-refractivity contribution in [2.75, 3.05) is 9.80 Å². The molecule has 4 aliphatic carbocycles. The third-order valence-electron chi connectivity index (χ3n) is 23.1. The van der Waals surface area contributed by atoms with Gasteiger partial charge in [0, 0.05) is 61.2 Å². The minimum absolute atomic E-state index is 0.0326. The van der Waals surface area contributed by atoms with Crippen LogP contribution in [0.5, 0.6) is 0 Å². The predicted molar refractivity (Wildman–Crippen MR) is 353 cm³/mol. The number of hydrogen-bond acceptors (Lipinski definition) is 2. The lowest BCUT2D eigenvalue weighted by atomic mass is 9.27. The molecule has 9 aromatic rings. The Morgan fingerprint density at radius 3 is 1.48 bits per heavy atom.